The molecule has 0 spiro atoms. The number of rotatable bonds is 11. The van der Waals surface area contributed by atoms with Crippen molar-refractivity contribution in [2.45, 2.75) is 31.8 Å². The molecule has 180 valence electrons. The van der Waals surface area contributed by atoms with Crippen molar-refractivity contribution in [3.05, 3.63) is 46.5 Å². The number of nitrogens with zero attached hydrogens (tertiary/aromatic N) is 2. The van der Waals surface area contributed by atoms with Gasteiger partial charge in [0.25, 0.3) is 5.91 Å². The van der Waals surface area contributed by atoms with Crippen molar-refractivity contribution in [1.82, 2.24) is 4.31 Å². The van der Waals surface area contributed by atoms with Crippen LogP contribution in [0, 0.1) is 10.1 Å². The van der Waals surface area contributed by atoms with Crippen LogP contribution in [0.25, 0.3) is 0 Å². The monoisotopic (exact) mass is 481 g/mol. The van der Waals surface area contributed by atoms with E-state index in [9.17, 15) is 23.3 Å². The number of sulfonamides is 1. The first-order valence-electron chi connectivity index (χ1n) is 10.1. The van der Waals surface area contributed by atoms with E-state index in [2.05, 4.69) is 5.32 Å². The Labute approximate surface area is 192 Å². The van der Waals surface area contributed by atoms with Gasteiger partial charge in [-0.05, 0) is 31.2 Å². The van der Waals surface area contributed by atoms with E-state index in [1.165, 1.54) is 37.6 Å². The van der Waals surface area contributed by atoms with Gasteiger partial charge in [-0.3, -0.25) is 14.9 Å². The number of hydrogen-bond donors (Lipinski definition) is 1. The minimum Gasteiger partial charge on any atom is -0.493 e. The van der Waals surface area contributed by atoms with E-state index in [1.807, 2.05) is 0 Å². The number of nitrogens with one attached hydrogen (secondary N) is 1. The van der Waals surface area contributed by atoms with Crippen LogP contribution in [0.2, 0.25) is 0 Å². The Morgan fingerprint density at radius 2 is 1.67 bits per heavy atom. The van der Waals surface area contributed by atoms with Crippen molar-refractivity contribution in [3.63, 3.8) is 0 Å². The molecule has 11 nitrogen and oxygen atoms in total. The molecule has 2 aromatic rings. The predicted octanol–water partition coefficient (Wildman–Crippen LogP) is 3.05. The summed E-state index contributed by atoms with van der Waals surface area (Å²) in [7, 11) is -0.960. The number of ether oxygens (including phenoxy) is 3. The number of anilines is 1. The van der Waals surface area contributed by atoms with Crippen molar-refractivity contribution in [1.29, 1.82) is 0 Å². The third-order valence-electron chi connectivity index (χ3n) is 4.79. The Kier molecular flexibility index (Phi) is 8.60. The van der Waals surface area contributed by atoms with Crippen LogP contribution in [-0.4, -0.2) is 57.0 Å². The molecule has 0 saturated carbocycles. The third-order valence-corrected chi connectivity index (χ3v) is 6.84. The molecule has 0 aliphatic rings. The van der Waals surface area contributed by atoms with Gasteiger partial charge in [0.15, 0.2) is 23.4 Å². The van der Waals surface area contributed by atoms with Gasteiger partial charge in [0, 0.05) is 30.9 Å². The Hall–Kier alpha value is -3.38. The normalized spacial score (nSPS) is 12.2. The van der Waals surface area contributed by atoms with Crippen molar-refractivity contribution in [3.8, 4) is 17.2 Å². The average molecular weight is 482 g/mol. The smallest absolute Gasteiger partial charge is 0.312 e. The lowest BCUT2D eigenvalue weighted by Gasteiger charge is -2.19. The summed E-state index contributed by atoms with van der Waals surface area (Å²) in [6.07, 6.45) is -1.12. The first kappa shape index (κ1) is 25.9. The highest BCUT2D eigenvalue weighted by Gasteiger charge is 2.28. The highest BCUT2D eigenvalue weighted by molar-refractivity contribution is 7.89. The summed E-state index contributed by atoms with van der Waals surface area (Å²) in [6.45, 7) is 5.20. The number of carbonyl (C=O) groups excluding carboxylic acids is 1. The van der Waals surface area contributed by atoms with Crippen LogP contribution in [0.15, 0.2) is 41.3 Å². The molecule has 0 aliphatic carbocycles. The number of nitro groups is 1. The van der Waals surface area contributed by atoms with Crippen LogP contribution in [0.5, 0.6) is 17.2 Å². The average Bonchev–Trinajstić information content (AvgIpc) is 2.79. The van der Waals surface area contributed by atoms with Gasteiger partial charge in [-0.15, -0.1) is 0 Å². The van der Waals surface area contributed by atoms with Gasteiger partial charge in [0.1, 0.15) is 0 Å². The molecule has 1 atom stereocenters. The predicted molar refractivity (Wildman–Crippen MR) is 121 cm³/mol. The van der Waals surface area contributed by atoms with Crippen molar-refractivity contribution in [2.75, 3.05) is 32.6 Å². The fourth-order valence-corrected chi connectivity index (χ4v) is 4.49. The van der Waals surface area contributed by atoms with E-state index in [4.69, 9.17) is 14.2 Å². The summed E-state index contributed by atoms with van der Waals surface area (Å²) in [5.41, 5.74) is -0.155. The fourth-order valence-electron chi connectivity index (χ4n) is 3.01. The van der Waals surface area contributed by atoms with Crippen LogP contribution in [0.4, 0.5) is 11.4 Å². The van der Waals surface area contributed by atoms with Gasteiger partial charge < -0.3 is 19.5 Å². The number of amides is 1. The Morgan fingerprint density at radius 1 is 1.06 bits per heavy atom. The topological polar surface area (TPSA) is 137 Å². The van der Waals surface area contributed by atoms with Gasteiger partial charge in [-0.1, -0.05) is 13.8 Å². The molecule has 1 amide bonds. The van der Waals surface area contributed by atoms with E-state index in [-0.39, 0.29) is 23.7 Å². The number of benzene rings is 2. The van der Waals surface area contributed by atoms with Gasteiger partial charge >= 0.3 is 5.69 Å². The molecule has 1 unspecified atom stereocenters. The summed E-state index contributed by atoms with van der Waals surface area (Å²) in [6, 6.07) is 8.09. The van der Waals surface area contributed by atoms with Crippen molar-refractivity contribution < 1.29 is 32.3 Å². The summed E-state index contributed by atoms with van der Waals surface area (Å²) >= 11 is 0. The summed E-state index contributed by atoms with van der Waals surface area (Å²) in [5, 5.41) is 14.2. The molecular weight excluding hydrogens is 454 g/mol. The van der Waals surface area contributed by atoms with Gasteiger partial charge in [0.2, 0.25) is 10.0 Å². The van der Waals surface area contributed by atoms with Crippen LogP contribution < -0.4 is 19.5 Å². The largest absolute Gasteiger partial charge is 0.493 e. The molecule has 0 bridgehead atoms. The molecule has 1 N–H and O–H groups in total. The van der Waals surface area contributed by atoms with Crippen LogP contribution >= 0.6 is 0 Å². The van der Waals surface area contributed by atoms with Gasteiger partial charge in [-0.2, -0.15) is 4.31 Å². The lowest BCUT2D eigenvalue weighted by atomic mass is 10.2. The molecule has 0 aromatic heterocycles. The SMILES string of the molecule is CCN(CC)S(=O)(=O)c1ccc(OC(C)C(=O)Nc2ccc(OC)c(OC)c2)c([N+](=O)[O-])c1. The number of hydrogen-bond acceptors (Lipinski definition) is 8. The first-order chi connectivity index (χ1) is 15.6. The maximum absolute atomic E-state index is 12.7. The minimum absolute atomic E-state index is 0.220. The zero-order valence-electron chi connectivity index (χ0n) is 19.0. The van der Waals surface area contributed by atoms with Crippen molar-refractivity contribution >= 4 is 27.3 Å². The van der Waals surface area contributed by atoms with E-state index in [0.29, 0.717) is 17.2 Å². The Morgan fingerprint density at radius 3 is 2.21 bits per heavy atom. The Bertz CT molecular complexity index is 1120. The summed E-state index contributed by atoms with van der Waals surface area (Å²) in [4.78, 5) is 23.2. The molecule has 2 aromatic carbocycles. The van der Waals surface area contributed by atoms with Gasteiger partial charge in [-0.25, -0.2) is 8.42 Å². The van der Waals surface area contributed by atoms with Crippen LogP contribution in [-0.2, 0) is 14.8 Å². The quantitative estimate of drug-likeness (QED) is 0.382. The zero-order valence-corrected chi connectivity index (χ0v) is 19.8. The molecule has 0 radical (unpaired) electrons. The number of nitro benzene ring substituents is 1. The molecule has 0 saturated heterocycles. The van der Waals surface area contributed by atoms with Gasteiger partial charge in [0.05, 0.1) is 24.0 Å². The zero-order chi connectivity index (χ0) is 24.8. The second-order valence-corrected chi connectivity index (χ2v) is 8.73. The van der Waals surface area contributed by atoms with E-state index in [1.54, 1.807) is 32.0 Å². The third kappa shape index (κ3) is 5.90. The van der Waals surface area contributed by atoms with E-state index < -0.39 is 32.6 Å². The number of carbonyl (C=O) groups is 1. The van der Waals surface area contributed by atoms with Crippen LogP contribution in [0.3, 0.4) is 0 Å². The Balaban J connectivity index is 2.25. The lowest BCUT2D eigenvalue weighted by Crippen LogP contribution is -2.31. The molecule has 2 rings (SSSR count). The minimum atomic E-state index is -3.90. The first-order valence-corrected chi connectivity index (χ1v) is 11.5. The second-order valence-electron chi connectivity index (χ2n) is 6.80. The van der Waals surface area contributed by atoms with E-state index in [0.717, 1.165) is 6.07 Å². The van der Waals surface area contributed by atoms with Crippen LogP contribution in [0.1, 0.15) is 20.8 Å². The standard InChI is InChI=1S/C21H27N3O8S/c1-6-23(7-2)33(28,29)16-9-11-18(17(13-16)24(26)27)32-14(3)21(25)22-15-8-10-19(30-4)20(12-15)31-5/h8-14H,6-7H2,1-5H3,(H,22,25). The highest BCUT2D eigenvalue weighted by atomic mass is 32.2. The van der Waals surface area contributed by atoms with Crippen molar-refractivity contribution in [2.24, 2.45) is 0 Å². The molecular formula is C21H27N3O8S. The molecule has 33 heavy (non-hydrogen) atoms. The number of methoxy groups -OCH3 is 2. The molecule has 0 aliphatic heterocycles. The molecule has 12 heteroatoms. The molecule has 0 fully saturated rings. The lowest BCUT2D eigenvalue weighted by molar-refractivity contribution is -0.386. The highest BCUT2D eigenvalue weighted by Crippen LogP contribution is 2.32. The second kappa shape index (κ2) is 11.0. The maximum Gasteiger partial charge on any atom is 0.312 e. The summed E-state index contributed by atoms with van der Waals surface area (Å²) < 4.78 is 42.4. The maximum atomic E-state index is 12.7. The summed E-state index contributed by atoms with van der Waals surface area (Å²) in [5.74, 6) is 0.0875. The fraction of sp³-hybridized carbons (Fsp3) is 0.381. The molecule has 0 heterocycles. The van der Waals surface area contributed by atoms with E-state index >= 15 is 0 Å².